The van der Waals surface area contributed by atoms with Gasteiger partial charge in [0.05, 0.1) is 0 Å². The van der Waals surface area contributed by atoms with Gasteiger partial charge in [-0.3, -0.25) is 9.78 Å². The molecule has 0 N–H and O–H groups in total. The predicted molar refractivity (Wildman–Crippen MR) is 50.5 cm³/mol. The number of aromatic nitrogens is 1. The zero-order valence-corrected chi connectivity index (χ0v) is 7.95. The zero-order valence-electron chi connectivity index (χ0n) is 7.95. The van der Waals surface area contributed by atoms with E-state index in [2.05, 4.69) is 11.1 Å². The topological polar surface area (TPSA) is 30.0 Å². The number of carbonyl (C=O) groups is 1. The Morgan fingerprint density at radius 2 is 2.31 bits per heavy atom. The van der Waals surface area contributed by atoms with Gasteiger partial charge < -0.3 is 0 Å². The van der Waals surface area contributed by atoms with E-state index in [0.29, 0.717) is 11.7 Å². The number of Topliss-reactive ketones (excluding diaryl/α,β-unsaturated/α-hetero) is 1. The predicted octanol–water partition coefficient (Wildman–Crippen LogP) is 2.08. The summed E-state index contributed by atoms with van der Waals surface area (Å²) in [5.41, 5.74) is 2.24. The van der Waals surface area contributed by atoms with E-state index < -0.39 is 0 Å². The summed E-state index contributed by atoms with van der Waals surface area (Å²) in [6.07, 6.45) is 2.91. The van der Waals surface area contributed by atoms with E-state index in [0.717, 1.165) is 12.1 Å². The summed E-state index contributed by atoms with van der Waals surface area (Å²) < 4.78 is 0. The summed E-state index contributed by atoms with van der Waals surface area (Å²) in [5.74, 6) is 1.03. The first-order valence-corrected chi connectivity index (χ1v) is 4.61. The molecule has 0 radical (unpaired) electrons. The van der Waals surface area contributed by atoms with Crippen molar-refractivity contribution in [2.45, 2.75) is 26.2 Å². The third-order valence-electron chi connectivity index (χ3n) is 2.67. The first-order valence-electron chi connectivity index (χ1n) is 4.61. The Morgan fingerprint density at radius 3 is 2.77 bits per heavy atom. The standard InChI is InChI=1S/C11H13NO/c1-7-3-4-9(6-12-7)11-5-10(11)8(2)13/h3-4,6,10-11H,5H2,1-2H3/t10-,11+/m0/s1. The quantitative estimate of drug-likeness (QED) is 0.688. The van der Waals surface area contributed by atoms with Crippen LogP contribution in [0.25, 0.3) is 0 Å². The second kappa shape index (κ2) is 2.95. The summed E-state index contributed by atoms with van der Waals surface area (Å²) in [6, 6.07) is 4.08. The highest BCUT2D eigenvalue weighted by Gasteiger charge is 2.41. The lowest BCUT2D eigenvalue weighted by Crippen LogP contribution is -1.95. The maximum atomic E-state index is 11.0. The van der Waals surface area contributed by atoms with Gasteiger partial charge in [-0.15, -0.1) is 0 Å². The molecule has 0 saturated heterocycles. The molecule has 0 aromatic carbocycles. The highest BCUT2D eigenvalue weighted by Crippen LogP contribution is 2.47. The number of hydrogen-bond donors (Lipinski definition) is 0. The lowest BCUT2D eigenvalue weighted by atomic mass is 10.1. The third kappa shape index (κ3) is 1.62. The fourth-order valence-electron chi connectivity index (χ4n) is 1.71. The van der Waals surface area contributed by atoms with Gasteiger partial charge in [-0.05, 0) is 37.8 Å². The van der Waals surface area contributed by atoms with Crippen molar-refractivity contribution in [1.29, 1.82) is 0 Å². The van der Waals surface area contributed by atoms with E-state index in [4.69, 9.17) is 0 Å². The van der Waals surface area contributed by atoms with Gasteiger partial charge in [-0.25, -0.2) is 0 Å². The smallest absolute Gasteiger partial charge is 0.133 e. The average Bonchev–Trinajstić information content (AvgIpc) is 2.85. The van der Waals surface area contributed by atoms with Crippen LogP contribution in [0, 0.1) is 12.8 Å². The van der Waals surface area contributed by atoms with Crippen LogP contribution in [0.3, 0.4) is 0 Å². The molecule has 2 nitrogen and oxygen atoms in total. The molecular formula is C11H13NO. The Kier molecular flexibility index (Phi) is 1.91. The summed E-state index contributed by atoms with van der Waals surface area (Å²) in [5, 5.41) is 0. The maximum Gasteiger partial charge on any atom is 0.133 e. The van der Waals surface area contributed by atoms with Crippen molar-refractivity contribution in [1.82, 2.24) is 4.98 Å². The SMILES string of the molecule is CC(=O)[C@@H]1C[C@@H]1c1ccc(C)nc1. The van der Waals surface area contributed by atoms with E-state index >= 15 is 0 Å². The minimum atomic E-state index is 0.268. The molecule has 0 unspecified atom stereocenters. The molecule has 2 atom stereocenters. The van der Waals surface area contributed by atoms with E-state index in [1.807, 2.05) is 19.2 Å². The van der Waals surface area contributed by atoms with Crippen LogP contribution in [0.2, 0.25) is 0 Å². The first-order chi connectivity index (χ1) is 6.18. The molecule has 1 heterocycles. The Balaban J connectivity index is 2.12. The normalized spacial score (nSPS) is 25.7. The fraction of sp³-hybridized carbons (Fsp3) is 0.455. The second-order valence-electron chi connectivity index (χ2n) is 3.79. The maximum absolute atomic E-state index is 11.0. The molecule has 2 rings (SSSR count). The molecule has 1 fully saturated rings. The van der Waals surface area contributed by atoms with Crippen molar-refractivity contribution < 1.29 is 4.79 Å². The minimum Gasteiger partial charge on any atom is -0.300 e. The van der Waals surface area contributed by atoms with E-state index in [1.165, 1.54) is 5.56 Å². The monoisotopic (exact) mass is 175 g/mol. The Bertz CT molecular complexity index is 328. The van der Waals surface area contributed by atoms with Crippen molar-refractivity contribution in [2.75, 3.05) is 0 Å². The number of carbonyl (C=O) groups excluding carboxylic acids is 1. The summed E-state index contributed by atoms with van der Waals surface area (Å²) in [7, 11) is 0. The first kappa shape index (κ1) is 8.42. The molecule has 0 aliphatic heterocycles. The van der Waals surface area contributed by atoms with Gasteiger partial charge in [0.1, 0.15) is 5.78 Å². The summed E-state index contributed by atoms with van der Waals surface area (Å²) >= 11 is 0. The highest BCUT2D eigenvalue weighted by molar-refractivity contribution is 5.82. The molecule has 13 heavy (non-hydrogen) atoms. The van der Waals surface area contributed by atoms with Gasteiger partial charge in [-0.2, -0.15) is 0 Å². The van der Waals surface area contributed by atoms with Crippen LogP contribution >= 0.6 is 0 Å². The van der Waals surface area contributed by atoms with Crippen LogP contribution in [0.15, 0.2) is 18.3 Å². The number of aryl methyl sites for hydroxylation is 1. The summed E-state index contributed by atoms with van der Waals surface area (Å²) in [6.45, 7) is 3.64. The number of pyridine rings is 1. The van der Waals surface area contributed by atoms with Gasteiger partial charge in [0.15, 0.2) is 0 Å². The van der Waals surface area contributed by atoms with Crippen LogP contribution < -0.4 is 0 Å². The molecule has 2 heteroatoms. The third-order valence-corrected chi connectivity index (χ3v) is 2.67. The molecule has 68 valence electrons. The molecule has 1 aliphatic rings. The van der Waals surface area contributed by atoms with Crippen LogP contribution in [-0.4, -0.2) is 10.8 Å². The summed E-state index contributed by atoms with van der Waals surface area (Å²) in [4.78, 5) is 15.3. The number of nitrogens with zero attached hydrogens (tertiary/aromatic N) is 1. The lowest BCUT2D eigenvalue weighted by Gasteiger charge is -1.98. The molecule has 1 saturated carbocycles. The molecule has 0 spiro atoms. The van der Waals surface area contributed by atoms with Gasteiger partial charge >= 0.3 is 0 Å². The Labute approximate surface area is 78.0 Å². The van der Waals surface area contributed by atoms with Crippen molar-refractivity contribution in [3.63, 3.8) is 0 Å². The van der Waals surface area contributed by atoms with Gasteiger partial charge in [-0.1, -0.05) is 6.07 Å². The number of ketones is 1. The average molecular weight is 175 g/mol. The van der Waals surface area contributed by atoms with E-state index in [1.54, 1.807) is 6.92 Å². The van der Waals surface area contributed by atoms with Crippen LogP contribution in [0.5, 0.6) is 0 Å². The molecule has 0 amide bonds. The van der Waals surface area contributed by atoms with Gasteiger partial charge in [0, 0.05) is 17.8 Å². The number of rotatable bonds is 2. The van der Waals surface area contributed by atoms with Gasteiger partial charge in [0.25, 0.3) is 0 Å². The van der Waals surface area contributed by atoms with Crippen LogP contribution in [0.4, 0.5) is 0 Å². The fourth-order valence-corrected chi connectivity index (χ4v) is 1.71. The van der Waals surface area contributed by atoms with Crippen LogP contribution in [-0.2, 0) is 4.79 Å². The van der Waals surface area contributed by atoms with Crippen molar-refractivity contribution in [3.05, 3.63) is 29.6 Å². The lowest BCUT2D eigenvalue weighted by molar-refractivity contribution is -0.118. The minimum absolute atomic E-state index is 0.268. The molecular weight excluding hydrogens is 162 g/mol. The zero-order chi connectivity index (χ0) is 9.42. The van der Waals surface area contributed by atoms with Crippen molar-refractivity contribution in [2.24, 2.45) is 5.92 Å². The molecule has 1 aliphatic carbocycles. The van der Waals surface area contributed by atoms with Gasteiger partial charge in [0.2, 0.25) is 0 Å². The van der Waals surface area contributed by atoms with Crippen LogP contribution in [0.1, 0.15) is 30.5 Å². The van der Waals surface area contributed by atoms with Crippen molar-refractivity contribution >= 4 is 5.78 Å². The second-order valence-corrected chi connectivity index (χ2v) is 3.79. The number of hydrogen-bond acceptors (Lipinski definition) is 2. The Hall–Kier alpha value is -1.18. The molecule has 0 bridgehead atoms. The van der Waals surface area contributed by atoms with Crippen molar-refractivity contribution in [3.8, 4) is 0 Å². The molecule has 1 aromatic heterocycles. The van der Waals surface area contributed by atoms with E-state index in [9.17, 15) is 4.79 Å². The van der Waals surface area contributed by atoms with E-state index in [-0.39, 0.29) is 5.92 Å². The largest absolute Gasteiger partial charge is 0.300 e. The Morgan fingerprint density at radius 1 is 1.54 bits per heavy atom. The molecule has 1 aromatic rings. The highest BCUT2D eigenvalue weighted by atomic mass is 16.1.